The minimum absolute atomic E-state index is 0.169. The fraction of sp³-hybridized carbons (Fsp3) is 0.158. The van der Waals surface area contributed by atoms with Gasteiger partial charge in [0, 0.05) is 32.2 Å². The molecule has 0 aliphatic rings. The summed E-state index contributed by atoms with van der Waals surface area (Å²) in [6.07, 6.45) is 6.93. The average molecular weight is 346 g/mol. The molecule has 0 unspecified atom stereocenters. The van der Waals surface area contributed by atoms with E-state index >= 15 is 0 Å². The second-order valence-electron chi connectivity index (χ2n) is 6.05. The van der Waals surface area contributed by atoms with Crippen LogP contribution in [0.5, 0.6) is 0 Å². The second kappa shape index (κ2) is 6.44. The van der Waals surface area contributed by atoms with Crippen LogP contribution in [0, 0.1) is 6.92 Å². The van der Waals surface area contributed by atoms with Crippen molar-refractivity contribution in [1.29, 1.82) is 0 Å². The number of fused-ring (bicyclic) bond motifs is 1. The number of carbonyl (C=O) groups is 1. The lowest BCUT2D eigenvalue weighted by Gasteiger charge is -2.12. The number of nitrogens with zero attached hydrogens (tertiary/aromatic N) is 5. The Labute approximate surface area is 150 Å². The van der Waals surface area contributed by atoms with Crippen LogP contribution in [0.15, 0.2) is 55.1 Å². The molecule has 0 saturated carbocycles. The summed E-state index contributed by atoms with van der Waals surface area (Å²) in [6, 6.07) is 9.74. The molecule has 1 amide bonds. The number of pyridine rings is 1. The number of rotatable bonds is 4. The maximum absolute atomic E-state index is 12.6. The Morgan fingerprint density at radius 3 is 2.85 bits per heavy atom. The molecule has 0 bridgehead atoms. The number of carbonyl (C=O) groups excluding carboxylic acids is 1. The van der Waals surface area contributed by atoms with E-state index in [0.29, 0.717) is 12.1 Å². The van der Waals surface area contributed by atoms with E-state index in [1.807, 2.05) is 49.0 Å². The molecule has 130 valence electrons. The van der Waals surface area contributed by atoms with Gasteiger partial charge in [-0.05, 0) is 24.6 Å². The molecule has 0 aliphatic heterocycles. The number of imidazole rings is 1. The van der Waals surface area contributed by atoms with Crippen molar-refractivity contribution < 1.29 is 4.79 Å². The van der Waals surface area contributed by atoms with Crippen molar-refractivity contribution >= 4 is 16.9 Å². The second-order valence-corrected chi connectivity index (χ2v) is 6.05. The van der Waals surface area contributed by atoms with Crippen LogP contribution in [0.25, 0.3) is 16.7 Å². The number of amides is 1. The Kier molecular flexibility index (Phi) is 3.96. The van der Waals surface area contributed by atoms with Gasteiger partial charge in [-0.2, -0.15) is 5.10 Å². The van der Waals surface area contributed by atoms with Gasteiger partial charge in [0.25, 0.3) is 5.91 Å². The van der Waals surface area contributed by atoms with Crippen molar-refractivity contribution in [2.45, 2.75) is 13.5 Å². The van der Waals surface area contributed by atoms with Crippen molar-refractivity contribution in [1.82, 2.24) is 29.6 Å². The van der Waals surface area contributed by atoms with Gasteiger partial charge >= 0.3 is 0 Å². The highest BCUT2D eigenvalue weighted by Gasteiger charge is 2.11. The first kappa shape index (κ1) is 16.0. The van der Waals surface area contributed by atoms with Crippen molar-refractivity contribution in [3.63, 3.8) is 0 Å². The zero-order valence-corrected chi connectivity index (χ0v) is 14.5. The van der Waals surface area contributed by atoms with Crippen LogP contribution >= 0.6 is 0 Å². The summed E-state index contributed by atoms with van der Waals surface area (Å²) in [5, 5.41) is 7.12. The molecule has 7 nitrogen and oxygen atoms in total. The van der Waals surface area contributed by atoms with E-state index in [1.54, 1.807) is 29.3 Å². The van der Waals surface area contributed by atoms with Gasteiger partial charge in [0.1, 0.15) is 11.3 Å². The Bertz CT molecular complexity index is 1090. The fourth-order valence-corrected chi connectivity index (χ4v) is 2.96. The van der Waals surface area contributed by atoms with Gasteiger partial charge in [-0.3, -0.25) is 14.5 Å². The molecule has 0 radical (unpaired) electrons. The molecule has 0 spiro atoms. The Balaban J connectivity index is 1.56. The number of aryl methyl sites for hydroxylation is 2. The predicted octanol–water partition coefficient (Wildman–Crippen LogP) is 2.39. The maximum Gasteiger partial charge on any atom is 0.253 e. The van der Waals surface area contributed by atoms with Gasteiger partial charge in [0.05, 0.1) is 23.0 Å². The van der Waals surface area contributed by atoms with Crippen molar-refractivity contribution in [3.8, 4) is 5.69 Å². The molecular formula is C19H18N6O. The molecule has 3 heterocycles. The minimum Gasteiger partial charge on any atom is -0.348 e. The highest BCUT2D eigenvalue weighted by molar-refractivity contribution is 5.96. The lowest BCUT2D eigenvalue weighted by molar-refractivity contribution is 0.0950. The van der Waals surface area contributed by atoms with E-state index in [4.69, 9.17) is 0 Å². The molecule has 7 heteroatoms. The van der Waals surface area contributed by atoms with Crippen LogP contribution < -0.4 is 5.32 Å². The highest BCUT2D eigenvalue weighted by Crippen LogP contribution is 2.17. The smallest absolute Gasteiger partial charge is 0.253 e. The lowest BCUT2D eigenvalue weighted by Crippen LogP contribution is -2.23. The number of nitrogens with one attached hydrogen (secondary N) is 1. The first-order chi connectivity index (χ1) is 12.6. The molecule has 0 saturated heterocycles. The molecule has 1 aromatic carbocycles. The quantitative estimate of drug-likeness (QED) is 0.615. The Morgan fingerprint density at radius 1 is 1.19 bits per heavy atom. The summed E-state index contributed by atoms with van der Waals surface area (Å²) in [5.74, 6) is 0.729. The van der Waals surface area contributed by atoms with Crippen molar-refractivity contribution in [3.05, 3.63) is 72.1 Å². The fourth-order valence-electron chi connectivity index (χ4n) is 2.96. The molecular weight excluding hydrogens is 328 g/mol. The normalized spacial score (nSPS) is 11.0. The summed E-state index contributed by atoms with van der Waals surface area (Å²) in [5.41, 5.74) is 4.12. The Hall–Kier alpha value is -3.48. The van der Waals surface area contributed by atoms with Gasteiger partial charge in [-0.25, -0.2) is 4.98 Å². The molecule has 0 aliphatic carbocycles. The third-order valence-corrected chi connectivity index (χ3v) is 4.38. The average Bonchev–Trinajstić information content (AvgIpc) is 3.25. The van der Waals surface area contributed by atoms with E-state index in [2.05, 4.69) is 20.4 Å². The van der Waals surface area contributed by atoms with Crippen LogP contribution in [0.3, 0.4) is 0 Å². The summed E-state index contributed by atoms with van der Waals surface area (Å²) in [6.45, 7) is 2.36. The highest BCUT2D eigenvalue weighted by atomic mass is 16.1. The van der Waals surface area contributed by atoms with Crippen LogP contribution in [-0.4, -0.2) is 30.2 Å². The van der Waals surface area contributed by atoms with E-state index < -0.39 is 0 Å². The van der Waals surface area contributed by atoms with E-state index in [9.17, 15) is 4.79 Å². The first-order valence-corrected chi connectivity index (χ1v) is 8.27. The number of hydrogen-bond donors (Lipinski definition) is 1. The monoisotopic (exact) mass is 346 g/mol. The van der Waals surface area contributed by atoms with Crippen LogP contribution in [0.4, 0.5) is 0 Å². The van der Waals surface area contributed by atoms with Gasteiger partial charge in [-0.1, -0.05) is 18.2 Å². The topological polar surface area (TPSA) is 77.6 Å². The Morgan fingerprint density at radius 2 is 2.04 bits per heavy atom. The van der Waals surface area contributed by atoms with Gasteiger partial charge in [0.2, 0.25) is 0 Å². The number of aromatic nitrogens is 5. The third kappa shape index (κ3) is 2.83. The van der Waals surface area contributed by atoms with E-state index in [-0.39, 0.29) is 5.91 Å². The van der Waals surface area contributed by atoms with Crippen LogP contribution in [0.2, 0.25) is 0 Å². The van der Waals surface area contributed by atoms with Gasteiger partial charge in [-0.15, -0.1) is 0 Å². The molecule has 3 aromatic heterocycles. The molecule has 0 atom stereocenters. The van der Waals surface area contributed by atoms with E-state index in [1.165, 1.54) is 0 Å². The molecule has 0 fully saturated rings. The lowest BCUT2D eigenvalue weighted by atomic mass is 10.1. The largest absolute Gasteiger partial charge is 0.348 e. The molecule has 1 N–H and O–H groups in total. The summed E-state index contributed by atoms with van der Waals surface area (Å²) >= 11 is 0. The zero-order chi connectivity index (χ0) is 18.1. The summed E-state index contributed by atoms with van der Waals surface area (Å²) < 4.78 is 3.71. The van der Waals surface area contributed by atoms with Crippen molar-refractivity contribution in [2.75, 3.05) is 0 Å². The van der Waals surface area contributed by atoms with Crippen LogP contribution in [0.1, 0.15) is 21.7 Å². The molecule has 4 rings (SSSR count). The number of benzene rings is 1. The van der Waals surface area contributed by atoms with Gasteiger partial charge < -0.3 is 9.88 Å². The van der Waals surface area contributed by atoms with Crippen LogP contribution in [-0.2, 0) is 13.6 Å². The number of para-hydroxylation sites is 1. The predicted molar refractivity (Wildman–Crippen MR) is 98.0 cm³/mol. The minimum atomic E-state index is -0.169. The summed E-state index contributed by atoms with van der Waals surface area (Å²) in [4.78, 5) is 21.1. The van der Waals surface area contributed by atoms with Gasteiger partial charge in [0.15, 0.2) is 0 Å². The molecule has 4 aromatic rings. The number of hydrogen-bond acceptors (Lipinski definition) is 4. The summed E-state index contributed by atoms with van der Waals surface area (Å²) in [7, 11) is 1.83. The van der Waals surface area contributed by atoms with Crippen molar-refractivity contribution in [2.24, 2.45) is 7.05 Å². The molecule has 26 heavy (non-hydrogen) atoms. The first-order valence-electron chi connectivity index (χ1n) is 8.27. The SMILES string of the molecule is Cc1nccn1-c1ccccc1CNC(=O)c1cnc2cnn(C)c2c1. The van der Waals surface area contributed by atoms with E-state index in [0.717, 1.165) is 28.1 Å². The maximum atomic E-state index is 12.6. The zero-order valence-electron chi connectivity index (χ0n) is 14.5. The standard InChI is InChI=1S/C19H18N6O/c1-13-20-7-8-25(13)17-6-4-3-5-14(17)10-22-19(26)15-9-18-16(21-11-15)12-23-24(18)2/h3-9,11-12H,10H2,1-2H3,(H,22,26). The third-order valence-electron chi connectivity index (χ3n) is 4.38.